The molecule has 1 aromatic rings. The Morgan fingerprint density at radius 3 is 2.55 bits per heavy atom. The molecule has 0 amide bonds. The summed E-state index contributed by atoms with van der Waals surface area (Å²) in [7, 11) is 0. The van der Waals surface area contributed by atoms with Crippen LogP contribution in [-0.2, 0) is 22.3 Å². The number of ether oxygens (including phenoxy) is 3. The summed E-state index contributed by atoms with van der Waals surface area (Å²) in [6.45, 7) is 3.81. The first kappa shape index (κ1) is 15.3. The summed E-state index contributed by atoms with van der Waals surface area (Å²) in [5, 5.41) is 0. The lowest BCUT2D eigenvalue weighted by atomic mass is 10.1. The minimum atomic E-state index is 0.564. The first-order chi connectivity index (χ1) is 9.90. The van der Waals surface area contributed by atoms with E-state index in [2.05, 4.69) is 18.2 Å². The highest BCUT2D eigenvalue weighted by Gasteiger charge is 2.10. The van der Waals surface area contributed by atoms with Gasteiger partial charge < -0.3 is 19.9 Å². The van der Waals surface area contributed by atoms with Crippen molar-refractivity contribution < 1.29 is 14.2 Å². The molecule has 0 aromatic heterocycles. The smallest absolute Gasteiger partial charge is 0.119 e. The van der Waals surface area contributed by atoms with Crippen LogP contribution in [0.5, 0.6) is 5.75 Å². The van der Waals surface area contributed by atoms with Gasteiger partial charge in [-0.05, 0) is 42.5 Å². The molecular weight excluding hydrogens is 254 g/mol. The predicted octanol–water partition coefficient (Wildman–Crippen LogP) is 1.94. The molecule has 4 nitrogen and oxygen atoms in total. The summed E-state index contributed by atoms with van der Waals surface area (Å²) in [5.74, 6) is 0.983. The molecular formula is C16H25NO3. The molecule has 1 aliphatic carbocycles. The Bertz CT molecular complexity index is 395. The summed E-state index contributed by atoms with van der Waals surface area (Å²) in [5.41, 5.74) is 8.25. The Balaban J connectivity index is 1.51. The second-order valence-electron chi connectivity index (χ2n) is 5.00. The molecule has 2 N–H and O–H groups in total. The normalized spacial score (nSPS) is 13.4. The fourth-order valence-electron chi connectivity index (χ4n) is 2.39. The number of nitrogens with two attached hydrogens (primary N) is 1. The summed E-state index contributed by atoms with van der Waals surface area (Å²) in [6.07, 6.45) is 4.58. The van der Waals surface area contributed by atoms with Crippen molar-refractivity contribution in [1.82, 2.24) is 0 Å². The molecule has 112 valence electrons. The van der Waals surface area contributed by atoms with Crippen LogP contribution >= 0.6 is 0 Å². The van der Waals surface area contributed by atoms with E-state index in [0.29, 0.717) is 39.6 Å². The fraction of sp³-hybridized carbons (Fsp3) is 0.625. The van der Waals surface area contributed by atoms with Crippen LogP contribution < -0.4 is 10.5 Å². The molecule has 2 rings (SSSR count). The minimum Gasteiger partial charge on any atom is -0.493 e. The van der Waals surface area contributed by atoms with E-state index in [1.54, 1.807) is 0 Å². The Labute approximate surface area is 121 Å². The van der Waals surface area contributed by atoms with Gasteiger partial charge in [0.1, 0.15) is 5.75 Å². The first-order valence-corrected chi connectivity index (χ1v) is 7.50. The maximum Gasteiger partial charge on any atom is 0.119 e. The van der Waals surface area contributed by atoms with Gasteiger partial charge in [0.05, 0.1) is 26.4 Å². The molecule has 4 heteroatoms. The van der Waals surface area contributed by atoms with Gasteiger partial charge in [-0.15, -0.1) is 0 Å². The monoisotopic (exact) mass is 279 g/mol. The number of rotatable bonds is 10. The second kappa shape index (κ2) is 8.95. The number of aryl methyl sites for hydroxylation is 2. The molecule has 0 spiro atoms. The molecule has 1 aliphatic rings. The van der Waals surface area contributed by atoms with Gasteiger partial charge in [0.2, 0.25) is 0 Å². The second-order valence-corrected chi connectivity index (χ2v) is 5.00. The van der Waals surface area contributed by atoms with Crippen LogP contribution in [0.25, 0.3) is 0 Å². The van der Waals surface area contributed by atoms with E-state index in [4.69, 9.17) is 19.9 Å². The third kappa shape index (κ3) is 5.12. The van der Waals surface area contributed by atoms with Crippen molar-refractivity contribution in [3.05, 3.63) is 29.3 Å². The zero-order chi connectivity index (χ0) is 14.0. The fourth-order valence-corrected chi connectivity index (χ4v) is 2.39. The maximum atomic E-state index is 5.75. The minimum absolute atomic E-state index is 0.564. The highest BCUT2D eigenvalue weighted by atomic mass is 16.5. The molecule has 0 fully saturated rings. The van der Waals surface area contributed by atoms with Crippen molar-refractivity contribution in [3.8, 4) is 5.75 Å². The summed E-state index contributed by atoms with van der Waals surface area (Å²) < 4.78 is 16.4. The van der Waals surface area contributed by atoms with Crippen LogP contribution in [0, 0.1) is 0 Å². The highest BCUT2D eigenvalue weighted by Crippen LogP contribution is 2.25. The average Bonchev–Trinajstić information content (AvgIpc) is 2.93. The predicted molar refractivity (Wildman–Crippen MR) is 79.3 cm³/mol. The van der Waals surface area contributed by atoms with Crippen molar-refractivity contribution in [1.29, 1.82) is 0 Å². The van der Waals surface area contributed by atoms with Gasteiger partial charge in [0.15, 0.2) is 0 Å². The van der Waals surface area contributed by atoms with Crippen molar-refractivity contribution >= 4 is 0 Å². The third-order valence-electron chi connectivity index (χ3n) is 3.41. The number of hydrogen-bond acceptors (Lipinski definition) is 4. The Hall–Kier alpha value is -1.10. The van der Waals surface area contributed by atoms with E-state index < -0.39 is 0 Å². The number of fused-ring (bicyclic) bond motifs is 1. The Morgan fingerprint density at radius 2 is 1.70 bits per heavy atom. The summed E-state index contributed by atoms with van der Waals surface area (Å²) >= 11 is 0. The molecule has 0 saturated heterocycles. The maximum absolute atomic E-state index is 5.75. The van der Waals surface area contributed by atoms with E-state index in [0.717, 1.165) is 12.2 Å². The molecule has 1 aromatic carbocycles. The molecule has 0 aliphatic heterocycles. The molecule has 0 saturated carbocycles. The van der Waals surface area contributed by atoms with Gasteiger partial charge in [0.25, 0.3) is 0 Å². The third-order valence-corrected chi connectivity index (χ3v) is 3.41. The van der Waals surface area contributed by atoms with Gasteiger partial charge in [-0.3, -0.25) is 0 Å². The first-order valence-electron chi connectivity index (χ1n) is 7.50. The average molecular weight is 279 g/mol. The standard InChI is InChI=1S/C16H25NO3/c17-7-10-19-12-11-18-8-2-9-20-16-6-5-14-3-1-4-15(14)13-16/h5-6,13H,1-4,7-12,17H2. The van der Waals surface area contributed by atoms with Crippen molar-refractivity contribution in [2.75, 3.05) is 39.6 Å². The lowest BCUT2D eigenvalue weighted by molar-refractivity contribution is 0.0463. The Kier molecular flexibility index (Phi) is 6.84. The quantitative estimate of drug-likeness (QED) is 0.665. The Morgan fingerprint density at radius 1 is 0.900 bits per heavy atom. The largest absolute Gasteiger partial charge is 0.493 e. The van der Waals surface area contributed by atoms with Crippen LogP contribution in [0.15, 0.2) is 18.2 Å². The van der Waals surface area contributed by atoms with Crippen LogP contribution in [0.1, 0.15) is 24.0 Å². The molecule has 20 heavy (non-hydrogen) atoms. The van der Waals surface area contributed by atoms with E-state index >= 15 is 0 Å². The molecule has 0 atom stereocenters. The zero-order valence-corrected chi connectivity index (χ0v) is 12.1. The van der Waals surface area contributed by atoms with E-state index in [1.165, 1.54) is 30.4 Å². The van der Waals surface area contributed by atoms with E-state index in [9.17, 15) is 0 Å². The molecule has 0 bridgehead atoms. The lowest BCUT2D eigenvalue weighted by Crippen LogP contribution is -2.12. The van der Waals surface area contributed by atoms with Gasteiger partial charge in [-0.1, -0.05) is 6.07 Å². The molecule has 0 heterocycles. The SMILES string of the molecule is NCCOCCOCCCOc1ccc2c(c1)CCC2. The van der Waals surface area contributed by atoms with Gasteiger partial charge >= 0.3 is 0 Å². The summed E-state index contributed by atoms with van der Waals surface area (Å²) in [6, 6.07) is 6.46. The zero-order valence-electron chi connectivity index (χ0n) is 12.1. The van der Waals surface area contributed by atoms with Crippen LogP contribution in [0.3, 0.4) is 0 Å². The topological polar surface area (TPSA) is 53.7 Å². The lowest BCUT2D eigenvalue weighted by Gasteiger charge is -2.08. The van der Waals surface area contributed by atoms with Crippen molar-refractivity contribution in [2.45, 2.75) is 25.7 Å². The highest BCUT2D eigenvalue weighted by molar-refractivity contribution is 5.38. The van der Waals surface area contributed by atoms with Crippen LogP contribution in [0.4, 0.5) is 0 Å². The van der Waals surface area contributed by atoms with E-state index in [-0.39, 0.29) is 0 Å². The number of hydrogen-bond donors (Lipinski definition) is 1. The van der Waals surface area contributed by atoms with Gasteiger partial charge in [-0.25, -0.2) is 0 Å². The molecule has 0 radical (unpaired) electrons. The van der Waals surface area contributed by atoms with Crippen LogP contribution in [-0.4, -0.2) is 39.6 Å². The molecule has 0 unspecified atom stereocenters. The van der Waals surface area contributed by atoms with E-state index in [1.807, 2.05) is 0 Å². The summed E-state index contributed by atoms with van der Waals surface area (Å²) in [4.78, 5) is 0. The van der Waals surface area contributed by atoms with Crippen molar-refractivity contribution in [2.24, 2.45) is 5.73 Å². The van der Waals surface area contributed by atoms with Crippen LogP contribution in [0.2, 0.25) is 0 Å². The van der Waals surface area contributed by atoms with Gasteiger partial charge in [0, 0.05) is 19.6 Å². The van der Waals surface area contributed by atoms with Crippen molar-refractivity contribution in [3.63, 3.8) is 0 Å². The van der Waals surface area contributed by atoms with Gasteiger partial charge in [-0.2, -0.15) is 0 Å². The number of benzene rings is 1.